The molecule has 0 saturated heterocycles. The third-order valence-corrected chi connectivity index (χ3v) is 4.69. The number of aliphatic hydroxyl groups is 1. The van der Waals surface area contributed by atoms with Gasteiger partial charge in [0.2, 0.25) is 5.95 Å². The van der Waals surface area contributed by atoms with E-state index in [0.29, 0.717) is 17.3 Å². The molecule has 30 heavy (non-hydrogen) atoms. The summed E-state index contributed by atoms with van der Waals surface area (Å²) in [6, 6.07) is 18.5. The lowest BCUT2D eigenvalue weighted by atomic mass is 10.1. The summed E-state index contributed by atoms with van der Waals surface area (Å²) in [5.41, 5.74) is 2.95. The highest BCUT2D eigenvalue weighted by Gasteiger charge is 2.15. The Hall–Kier alpha value is -3.45. The minimum absolute atomic E-state index is 0.0195. The van der Waals surface area contributed by atoms with Gasteiger partial charge in [-0.2, -0.15) is 4.98 Å². The smallest absolute Gasteiger partial charge is 0.337 e. The summed E-state index contributed by atoms with van der Waals surface area (Å²) in [5, 5.41) is 16.1. The van der Waals surface area contributed by atoms with Crippen LogP contribution in [-0.4, -0.2) is 40.8 Å². The quantitative estimate of drug-likeness (QED) is 0.485. The topological polar surface area (TPSA) is 96.4 Å². The lowest BCUT2D eigenvalue weighted by molar-refractivity contribution is 0.0601. The van der Waals surface area contributed by atoms with Crippen LogP contribution in [0.4, 0.5) is 17.5 Å². The van der Waals surface area contributed by atoms with Gasteiger partial charge in [0.15, 0.2) is 0 Å². The fourth-order valence-corrected chi connectivity index (χ4v) is 2.88. The molecule has 7 nitrogen and oxygen atoms in total. The number of nitrogens with one attached hydrogen (secondary N) is 2. The normalized spacial score (nSPS) is 11.8. The number of benzene rings is 2. The second-order valence-corrected chi connectivity index (χ2v) is 7.20. The monoisotopic (exact) mass is 406 g/mol. The number of aromatic nitrogens is 2. The summed E-state index contributed by atoms with van der Waals surface area (Å²) >= 11 is 0. The van der Waals surface area contributed by atoms with Crippen LogP contribution in [0.15, 0.2) is 60.7 Å². The van der Waals surface area contributed by atoms with Crippen molar-refractivity contribution in [2.45, 2.75) is 19.9 Å². The van der Waals surface area contributed by atoms with Gasteiger partial charge in [0.1, 0.15) is 5.82 Å². The molecule has 0 amide bonds. The van der Waals surface area contributed by atoms with Crippen LogP contribution in [0, 0.1) is 5.92 Å². The molecule has 0 bridgehead atoms. The standard InChI is InChI=1S/C23H26N4O3/c1-15(2)20(14-28)26-23-25-19(16-7-5-4-6-8-16)13-21(27-23)24-18-11-9-17(10-12-18)22(29)30-3/h4-13,15,20,28H,14H2,1-3H3,(H2,24,25,26,27)/t20-/m0/s1. The van der Waals surface area contributed by atoms with E-state index in [1.807, 2.05) is 50.2 Å². The number of esters is 1. The van der Waals surface area contributed by atoms with Gasteiger partial charge in [0.05, 0.1) is 31.0 Å². The number of aliphatic hydroxyl groups excluding tert-OH is 1. The maximum atomic E-state index is 11.6. The largest absolute Gasteiger partial charge is 0.465 e. The lowest BCUT2D eigenvalue weighted by Gasteiger charge is -2.20. The number of rotatable bonds is 8. The van der Waals surface area contributed by atoms with E-state index in [1.165, 1.54) is 7.11 Å². The molecular weight excluding hydrogens is 380 g/mol. The average molecular weight is 406 g/mol. The first-order valence-electron chi connectivity index (χ1n) is 9.77. The van der Waals surface area contributed by atoms with E-state index in [4.69, 9.17) is 4.74 Å². The fourth-order valence-electron chi connectivity index (χ4n) is 2.88. The Labute approximate surface area is 176 Å². The molecule has 3 rings (SSSR count). The van der Waals surface area contributed by atoms with Crippen LogP contribution < -0.4 is 10.6 Å². The van der Waals surface area contributed by atoms with Gasteiger partial charge in [-0.05, 0) is 30.2 Å². The van der Waals surface area contributed by atoms with Crippen LogP contribution in [0.2, 0.25) is 0 Å². The third-order valence-electron chi connectivity index (χ3n) is 4.69. The number of carbonyl (C=O) groups excluding carboxylic acids is 1. The molecule has 3 aromatic rings. The zero-order valence-electron chi connectivity index (χ0n) is 17.3. The van der Waals surface area contributed by atoms with E-state index in [0.717, 1.165) is 16.9 Å². The summed E-state index contributed by atoms with van der Waals surface area (Å²) in [5.74, 6) is 0.849. The van der Waals surface area contributed by atoms with E-state index < -0.39 is 0 Å². The van der Waals surface area contributed by atoms with Crippen molar-refractivity contribution in [3.8, 4) is 11.3 Å². The second kappa shape index (κ2) is 9.84. The van der Waals surface area contributed by atoms with Gasteiger partial charge < -0.3 is 20.5 Å². The van der Waals surface area contributed by atoms with Crippen molar-refractivity contribution in [3.05, 3.63) is 66.2 Å². The molecule has 0 aliphatic heterocycles. The summed E-state index contributed by atoms with van der Waals surface area (Å²) in [4.78, 5) is 20.8. The molecule has 0 saturated carbocycles. The van der Waals surface area contributed by atoms with Crippen molar-refractivity contribution in [1.29, 1.82) is 0 Å². The molecular formula is C23H26N4O3. The number of ether oxygens (including phenoxy) is 1. The fraction of sp³-hybridized carbons (Fsp3) is 0.261. The highest BCUT2D eigenvalue weighted by Crippen LogP contribution is 2.24. The molecule has 1 aromatic heterocycles. The number of carbonyl (C=O) groups is 1. The minimum Gasteiger partial charge on any atom is -0.465 e. The van der Waals surface area contributed by atoms with Gasteiger partial charge in [-0.25, -0.2) is 9.78 Å². The van der Waals surface area contributed by atoms with Crippen LogP contribution in [0.25, 0.3) is 11.3 Å². The van der Waals surface area contributed by atoms with Crippen LogP contribution >= 0.6 is 0 Å². The van der Waals surface area contributed by atoms with Crippen molar-refractivity contribution >= 4 is 23.4 Å². The molecule has 0 aliphatic carbocycles. The molecule has 0 spiro atoms. The van der Waals surface area contributed by atoms with Crippen molar-refractivity contribution < 1.29 is 14.6 Å². The van der Waals surface area contributed by atoms with Crippen molar-refractivity contribution in [1.82, 2.24) is 9.97 Å². The summed E-state index contributed by atoms with van der Waals surface area (Å²) in [6.45, 7) is 4.03. The maximum Gasteiger partial charge on any atom is 0.337 e. The van der Waals surface area contributed by atoms with Crippen molar-refractivity contribution in [2.24, 2.45) is 5.92 Å². The van der Waals surface area contributed by atoms with Gasteiger partial charge in [0.25, 0.3) is 0 Å². The van der Waals surface area contributed by atoms with Crippen molar-refractivity contribution in [2.75, 3.05) is 24.4 Å². The summed E-state index contributed by atoms with van der Waals surface area (Å²) in [7, 11) is 1.35. The van der Waals surface area contributed by atoms with Crippen molar-refractivity contribution in [3.63, 3.8) is 0 Å². The van der Waals surface area contributed by atoms with Crippen LogP contribution in [0.5, 0.6) is 0 Å². The highest BCUT2D eigenvalue weighted by molar-refractivity contribution is 5.89. The molecule has 156 valence electrons. The maximum absolute atomic E-state index is 11.6. The molecule has 0 aliphatic rings. The van der Waals surface area contributed by atoms with Crippen LogP contribution in [0.3, 0.4) is 0 Å². The Morgan fingerprint density at radius 2 is 1.77 bits per heavy atom. The predicted octanol–water partition coefficient (Wildman–Crippen LogP) is 4.10. The second-order valence-electron chi connectivity index (χ2n) is 7.20. The Morgan fingerprint density at radius 1 is 1.07 bits per heavy atom. The molecule has 2 aromatic carbocycles. The van der Waals surface area contributed by atoms with Gasteiger partial charge >= 0.3 is 5.97 Å². The van der Waals surface area contributed by atoms with Crippen LogP contribution in [-0.2, 0) is 4.74 Å². The van der Waals surface area contributed by atoms with Gasteiger partial charge in [-0.3, -0.25) is 0 Å². The zero-order chi connectivity index (χ0) is 21.5. The van der Waals surface area contributed by atoms with E-state index in [1.54, 1.807) is 24.3 Å². The highest BCUT2D eigenvalue weighted by atomic mass is 16.5. The number of anilines is 3. The average Bonchev–Trinajstić information content (AvgIpc) is 2.77. The molecule has 7 heteroatoms. The predicted molar refractivity (Wildman–Crippen MR) is 118 cm³/mol. The SMILES string of the molecule is COC(=O)c1ccc(Nc2cc(-c3ccccc3)nc(N[C@@H](CO)C(C)C)n2)cc1. The summed E-state index contributed by atoms with van der Waals surface area (Å²) < 4.78 is 4.73. The number of methoxy groups -OCH3 is 1. The van der Waals surface area contributed by atoms with Crippen LogP contribution in [0.1, 0.15) is 24.2 Å². The zero-order valence-corrected chi connectivity index (χ0v) is 17.3. The van der Waals surface area contributed by atoms with E-state index >= 15 is 0 Å². The lowest BCUT2D eigenvalue weighted by Crippen LogP contribution is -2.30. The van der Waals surface area contributed by atoms with Gasteiger partial charge in [-0.15, -0.1) is 0 Å². The first-order chi connectivity index (χ1) is 14.5. The number of hydrogen-bond donors (Lipinski definition) is 3. The molecule has 0 fully saturated rings. The minimum atomic E-state index is -0.384. The first kappa shape index (κ1) is 21.3. The Balaban J connectivity index is 1.92. The van der Waals surface area contributed by atoms with Gasteiger partial charge in [0, 0.05) is 17.3 Å². The molecule has 3 N–H and O–H groups in total. The first-order valence-corrected chi connectivity index (χ1v) is 9.77. The third kappa shape index (κ3) is 5.33. The molecule has 1 heterocycles. The Bertz CT molecular complexity index is 975. The molecule has 1 atom stereocenters. The Kier molecular flexibility index (Phi) is 6.98. The number of hydrogen-bond acceptors (Lipinski definition) is 7. The number of nitrogens with zero attached hydrogens (tertiary/aromatic N) is 2. The van der Waals surface area contributed by atoms with E-state index in [-0.39, 0.29) is 24.5 Å². The van der Waals surface area contributed by atoms with E-state index in [9.17, 15) is 9.90 Å². The summed E-state index contributed by atoms with van der Waals surface area (Å²) in [6.07, 6.45) is 0. The van der Waals surface area contributed by atoms with E-state index in [2.05, 4.69) is 20.6 Å². The molecule has 0 radical (unpaired) electrons. The molecule has 0 unspecified atom stereocenters. The van der Waals surface area contributed by atoms with Gasteiger partial charge in [-0.1, -0.05) is 44.2 Å². The Morgan fingerprint density at radius 3 is 2.37 bits per heavy atom.